The predicted octanol–water partition coefficient (Wildman–Crippen LogP) is 2.81. The van der Waals surface area contributed by atoms with Crippen LogP contribution < -0.4 is 10.1 Å². The summed E-state index contributed by atoms with van der Waals surface area (Å²) in [5.41, 5.74) is 0. The summed E-state index contributed by atoms with van der Waals surface area (Å²) in [4.78, 5) is 11.1. The molecule has 1 aliphatic carbocycles. The third kappa shape index (κ3) is 4.12. The van der Waals surface area contributed by atoms with Crippen molar-refractivity contribution in [1.82, 2.24) is 5.32 Å². The Morgan fingerprint density at radius 2 is 2.20 bits per heavy atom. The van der Waals surface area contributed by atoms with Gasteiger partial charge in [0.05, 0.1) is 10.9 Å². The van der Waals surface area contributed by atoms with Gasteiger partial charge >= 0.3 is 5.97 Å². The Labute approximate surface area is 124 Å². The van der Waals surface area contributed by atoms with Gasteiger partial charge in [0.25, 0.3) is 0 Å². The molecule has 0 saturated heterocycles. The summed E-state index contributed by atoms with van der Waals surface area (Å²) in [5.74, 6) is 0.0710. The molecule has 0 aliphatic heterocycles. The average molecular weight is 298 g/mol. The van der Waals surface area contributed by atoms with E-state index in [2.05, 4.69) is 5.32 Å². The van der Waals surface area contributed by atoms with Crippen LogP contribution in [0.2, 0.25) is 5.02 Å². The van der Waals surface area contributed by atoms with Crippen molar-refractivity contribution in [3.63, 3.8) is 0 Å². The van der Waals surface area contributed by atoms with Crippen LogP contribution in [0, 0.1) is 11.8 Å². The first kappa shape index (κ1) is 15.1. The van der Waals surface area contributed by atoms with Crippen LogP contribution in [0.4, 0.5) is 0 Å². The van der Waals surface area contributed by atoms with Gasteiger partial charge in [-0.05, 0) is 37.4 Å². The van der Waals surface area contributed by atoms with Gasteiger partial charge in [0, 0.05) is 6.54 Å². The standard InChI is InChI=1S/C15H20ClNO3/c16-13-6-1-2-7-14(13)20-9-8-17-10-11-4-3-5-12(11)15(18)19/h1-2,6-7,11-12,17H,3-5,8-10H2,(H,18,19). The molecule has 0 radical (unpaired) electrons. The molecule has 2 unspecified atom stereocenters. The fourth-order valence-electron chi connectivity index (χ4n) is 2.69. The van der Waals surface area contributed by atoms with Gasteiger partial charge in [0.15, 0.2) is 0 Å². The van der Waals surface area contributed by atoms with E-state index < -0.39 is 5.97 Å². The lowest BCUT2D eigenvalue weighted by Crippen LogP contribution is -2.31. The van der Waals surface area contributed by atoms with Crippen LogP contribution in [0.25, 0.3) is 0 Å². The van der Waals surface area contributed by atoms with E-state index in [9.17, 15) is 4.79 Å². The average Bonchev–Trinajstić information content (AvgIpc) is 2.89. The lowest BCUT2D eigenvalue weighted by atomic mass is 9.96. The maximum atomic E-state index is 11.1. The highest BCUT2D eigenvalue weighted by molar-refractivity contribution is 6.32. The first-order valence-electron chi connectivity index (χ1n) is 6.99. The highest BCUT2D eigenvalue weighted by Crippen LogP contribution is 2.31. The largest absolute Gasteiger partial charge is 0.491 e. The highest BCUT2D eigenvalue weighted by atomic mass is 35.5. The quantitative estimate of drug-likeness (QED) is 0.760. The predicted molar refractivity (Wildman–Crippen MR) is 78.3 cm³/mol. The molecule has 1 fully saturated rings. The molecular formula is C15H20ClNO3. The van der Waals surface area contributed by atoms with Crippen molar-refractivity contribution in [3.8, 4) is 5.75 Å². The summed E-state index contributed by atoms with van der Waals surface area (Å²) in [5, 5.41) is 13.0. The number of aliphatic carboxylic acids is 1. The molecule has 1 aromatic rings. The normalized spacial score (nSPS) is 21.9. The zero-order chi connectivity index (χ0) is 14.4. The second kappa shape index (κ2) is 7.50. The van der Waals surface area contributed by atoms with Gasteiger partial charge in [-0.2, -0.15) is 0 Å². The molecule has 1 aliphatic rings. The molecule has 5 heteroatoms. The number of rotatable bonds is 7. The van der Waals surface area contributed by atoms with Gasteiger partial charge in [0.1, 0.15) is 12.4 Å². The Balaban J connectivity index is 1.65. The highest BCUT2D eigenvalue weighted by Gasteiger charge is 2.32. The molecule has 0 amide bonds. The Hall–Kier alpha value is -1.26. The van der Waals surface area contributed by atoms with Gasteiger partial charge in [-0.3, -0.25) is 4.79 Å². The van der Waals surface area contributed by atoms with Crippen LogP contribution in [-0.2, 0) is 4.79 Å². The summed E-state index contributed by atoms with van der Waals surface area (Å²) in [7, 11) is 0. The number of carbonyl (C=O) groups is 1. The van der Waals surface area contributed by atoms with E-state index in [0.29, 0.717) is 23.9 Å². The van der Waals surface area contributed by atoms with Crippen LogP contribution in [0.5, 0.6) is 5.75 Å². The van der Waals surface area contributed by atoms with Crippen molar-refractivity contribution in [2.24, 2.45) is 11.8 Å². The fourth-order valence-corrected chi connectivity index (χ4v) is 2.88. The van der Waals surface area contributed by atoms with E-state index in [4.69, 9.17) is 21.4 Å². The van der Waals surface area contributed by atoms with Crippen molar-refractivity contribution < 1.29 is 14.6 Å². The number of carboxylic acids is 1. The van der Waals surface area contributed by atoms with Crippen LogP contribution in [0.1, 0.15) is 19.3 Å². The Morgan fingerprint density at radius 3 is 2.95 bits per heavy atom. The third-order valence-corrected chi connectivity index (χ3v) is 4.07. The number of halogens is 1. The minimum Gasteiger partial charge on any atom is -0.491 e. The fraction of sp³-hybridized carbons (Fsp3) is 0.533. The maximum Gasteiger partial charge on any atom is 0.306 e. The van der Waals surface area contributed by atoms with E-state index >= 15 is 0 Å². The second-order valence-corrected chi connectivity index (χ2v) is 5.53. The van der Waals surface area contributed by atoms with Crippen molar-refractivity contribution >= 4 is 17.6 Å². The number of benzene rings is 1. The zero-order valence-electron chi connectivity index (χ0n) is 11.3. The van der Waals surface area contributed by atoms with Crippen molar-refractivity contribution in [3.05, 3.63) is 29.3 Å². The Kier molecular flexibility index (Phi) is 5.68. The lowest BCUT2D eigenvalue weighted by molar-refractivity contribution is -0.142. The van der Waals surface area contributed by atoms with Gasteiger partial charge < -0.3 is 15.2 Å². The summed E-state index contributed by atoms with van der Waals surface area (Å²) in [6, 6.07) is 7.37. The van der Waals surface area contributed by atoms with Crippen LogP contribution in [0.3, 0.4) is 0 Å². The number of hydrogen-bond donors (Lipinski definition) is 2. The zero-order valence-corrected chi connectivity index (χ0v) is 12.1. The molecule has 110 valence electrons. The topological polar surface area (TPSA) is 58.6 Å². The van der Waals surface area contributed by atoms with Crippen molar-refractivity contribution in [2.45, 2.75) is 19.3 Å². The second-order valence-electron chi connectivity index (χ2n) is 5.12. The molecule has 2 N–H and O–H groups in total. The number of hydrogen-bond acceptors (Lipinski definition) is 3. The molecule has 4 nitrogen and oxygen atoms in total. The smallest absolute Gasteiger partial charge is 0.306 e. The number of ether oxygens (including phenoxy) is 1. The molecule has 0 aromatic heterocycles. The lowest BCUT2D eigenvalue weighted by Gasteiger charge is -2.16. The van der Waals surface area contributed by atoms with E-state index in [-0.39, 0.29) is 11.8 Å². The summed E-state index contributed by atoms with van der Waals surface area (Å²) >= 11 is 5.98. The summed E-state index contributed by atoms with van der Waals surface area (Å²) in [6.45, 7) is 1.95. The first-order chi connectivity index (χ1) is 9.68. The molecular weight excluding hydrogens is 278 g/mol. The van der Waals surface area contributed by atoms with Crippen molar-refractivity contribution in [1.29, 1.82) is 0 Å². The Bertz CT molecular complexity index is 452. The SMILES string of the molecule is O=C(O)C1CCCC1CNCCOc1ccccc1Cl. The molecule has 0 heterocycles. The molecule has 2 atom stereocenters. The van der Waals surface area contributed by atoms with Gasteiger partial charge in [0.2, 0.25) is 0 Å². The molecule has 1 aromatic carbocycles. The number of nitrogens with one attached hydrogen (secondary N) is 1. The maximum absolute atomic E-state index is 11.1. The Morgan fingerprint density at radius 1 is 1.40 bits per heavy atom. The molecule has 0 spiro atoms. The number of carboxylic acid groups (broad SMARTS) is 1. The minimum absolute atomic E-state index is 0.188. The van der Waals surface area contributed by atoms with Gasteiger partial charge in [-0.1, -0.05) is 30.2 Å². The van der Waals surface area contributed by atoms with Crippen LogP contribution in [0.15, 0.2) is 24.3 Å². The first-order valence-corrected chi connectivity index (χ1v) is 7.37. The van der Waals surface area contributed by atoms with Crippen molar-refractivity contribution in [2.75, 3.05) is 19.7 Å². The minimum atomic E-state index is -0.665. The van der Waals surface area contributed by atoms with Crippen LogP contribution in [-0.4, -0.2) is 30.8 Å². The molecule has 2 rings (SSSR count). The van der Waals surface area contributed by atoms with E-state index in [1.165, 1.54) is 0 Å². The van der Waals surface area contributed by atoms with Crippen LogP contribution >= 0.6 is 11.6 Å². The summed E-state index contributed by atoms with van der Waals surface area (Å²) < 4.78 is 5.57. The third-order valence-electron chi connectivity index (χ3n) is 3.76. The van der Waals surface area contributed by atoms with E-state index in [1.54, 1.807) is 6.07 Å². The van der Waals surface area contributed by atoms with Gasteiger partial charge in [-0.15, -0.1) is 0 Å². The molecule has 0 bridgehead atoms. The molecule has 20 heavy (non-hydrogen) atoms. The van der Waals surface area contributed by atoms with E-state index in [0.717, 1.165) is 25.8 Å². The monoisotopic (exact) mass is 297 g/mol. The van der Waals surface area contributed by atoms with Gasteiger partial charge in [-0.25, -0.2) is 0 Å². The summed E-state index contributed by atoms with van der Waals surface area (Å²) in [6.07, 6.45) is 2.81. The number of para-hydroxylation sites is 1. The molecule has 1 saturated carbocycles. The van der Waals surface area contributed by atoms with E-state index in [1.807, 2.05) is 18.2 Å².